The van der Waals surface area contributed by atoms with Gasteiger partial charge in [0.2, 0.25) is 5.91 Å². The van der Waals surface area contributed by atoms with Crippen LogP contribution in [0.2, 0.25) is 0 Å². The molecule has 1 fully saturated rings. The molecule has 3 aromatic heterocycles. The summed E-state index contributed by atoms with van der Waals surface area (Å²) in [5.41, 5.74) is 3.67. The van der Waals surface area contributed by atoms with Gasteiger partial charge in [0.15, 0.2) is 11.6 Å². The molecule has 0 unspecified atom stereocenters. The first-order valence-electron chi connectivity index (χ1n) is 12.1. The van der Waals surface area contributed by atoms with Crippen LogP contribution in [0.1, 0.15) is 18.5 Å². The minimum absolute atomic E-state index is 0.143. The van der Waals surface area contributed by atoms with Crippen molar-refractivity contribution in [3.63, 3.8) is 0 Å². The van der Waals surface area contributed by atoms with Crippen molar-refractivity contribution in [3.05, 3.63) is 66.5 Å². The molecule has 1 aliphatic heterocycles. The molecule has 0 bridgehead atoms. The molecule has 37 heavy (non-hydrogen) atoms. The molecule has 0 spiro atoms. The number of likely N-dealkylation sites (tertiary alicyclic amines) is 1. The Morgan fingerprint density at radius 1 is 1.24 bits per heavy atom. The number of methoxy groups -OCH3 is 1. The number of anilines is 1. The van der Waals surface area contributed by atoms with Crippen LogP contribution in [-0.4, -0.2) is 57.3 Å². The molecule has 1 saturated heterocycles. The quantitative estimate of drug-likeness (QED) is 0.421. The molecule has 1 amide bonds. The van der Waals surface area contributed by atoms with E-state index in [4.69, 9.17) is 9.72 Å². The number of piperidine rings is 1. The topological polar surface area (TPSA) is 85.2 Å². The molecule has 8 nitrogen and oxygen atoms in total. The van der Waals surface area contributed by atoms with E-state index in [1.807, 2.05) is 31.4 Å². The summed E-state index contributed by atoms with van der Waals surface area (Å²) in [5, 5.41) is 7.92. The number of amides is 1. The van der Waals surface area contributed by atoms with E-state index in [-0.39, 0.29) is 24.1 Å². The van der Waals surface area contributed by atoms with Crippen molar-refractivity contribution in [1.82, 2.24) is 24.6 Å². The maximum atomic E-state index is 13.9. The molecule has 1 aliphatic rings. The van der Waals surface area contributed by atoms with Crippen LogP contribution in [0.15, 0.2) is 55.0 Å². The number of halogens is 1. The van der Waals surface area contributed by atoms with Crippen LogP contribution < -0.4 is 10.1 Å². The van der Waals surface area contributed by atoms with Crippen molar-refractivity contribution in [3.8, 4) is 28.8 Å². The largest absolute Gasteiger partial charge is 0.494 e. The van der Waals surface area contributed by atoms with Crippen LogP contribution in [0.5, 0.6) is 5.75 Å². The number of pyridine rings is 2. The van der Waals surface area contributed by atoms with E-state index in [1.165, 1.54) is 19.2 Å². The molecule has 0 saturated carbocycles. The molecule has 188 valence electrons. The Kier molecular flexibility index (Phi) is 7.10. The lowest BCUT2D eigenvalue weighted by molar-refractivity contribution is -0.117. The van der Waals surface area contributed by atoms with Crippen LogP contribution in [-0.2, 0) is 11.8 Å². The van der Waals surface area contributed by atoms with Gasteiger partial charge in [-0.3, -0.25) is 19.4 Å². The fourth-order valence-corrected chi connectivity index (χ4v) is 4.43. The fraction of sp³-hybridized carbons (Fsp3) is 0.286. The summed E-state index contributed by atoms with van der Waals surface area (Å²) in [6.07, 6.45) is 7.19. The van der Waals surface area contributed by atoms with E-state index in [2.05, 4.69) is 32.1 Å². The number of benzene rings is 1. The van der Waals surface area contributed by atoms with E-state index in [1.54, 1.807) is 23.1 Å². The summed E-state index contributed by atoms with van der Waals surface area (Å²) < 4.78 is 20.5. The van der Waals surface area contributed by atoms with Crippen molar-refractivity contribution in [1.29, 1.82) is 0 Å². The van der Waals surface area contributed by atoms with Gasteiger partial charge in [0.05, 0.1) is 31.1 Å². The lowest BCUT2D eigenvalue weighted by atomic mass is 9.97. The molecule has 1 aromatic carbocycles. The zero-order chi connectivity index (χ0) is 25.8. The van der Waals surface area contributed by atoms with Crippen LogP contribution in [0.25, 0.3) is 22.2 Å². The smallest absolute Gasteiger partial charge is 0.238 e. The maximum Gasteiger partial charge on any atom is 0.238 e. The number of carbonyl (C=O) groups is 1. The predicted molar refractivity (Wildman–Crippen MR) is 139 cm³/mol. The van der Waals surface area contributed by atoms with E-state index in [0.717, 1.165) is 48.1 Å². The number of aryl methyl sites for hydroxylation is 1. The molecule has 4 aromatic rings. The number of nitrogens with one attached hydrogen (secondary N) is 1. The van der Waals surface area contributed by atoms with Crippen molar-refractivity contribution in [2.45, 2.75) is 12.8 Å². The number of ether oxygens (including phenoxy) is 1. The third-order valence-electron chi connectivity index (χ3n) is 6.39. The van der Waals surface area contributed by atoms with Crippen molar-refractivity contribution in [2.24, 2.45) is 13.0 Å². The minimum Gasteiger partial charge on any atom is -0.494 e. The van der Waals surface area contributed by atoms with E-state index in [9.17, 15) is 9.18 Å². The average molecular weight is 499 g/mol. The molecule has 0 radical (unpaired) electrons. The normalized spacial score (nSPS) is 14.2. The lowest BCUT2D eigenvalue weighted by Crippen LogP contribution is -2.39. The first kappa shape index (κ1) is 24.4. The summed E-state index contributed by atoms with van der Waals surface area (Å²) in [7, 11) is 3.28. The predicted octanol–water partition coefficient (Wildman–Crippen LogP) is 3.88. The fourth-order valence-electron chi connectivity index (χ4n) is 4.43. The van der Waals surface area contributed by atoms with Gasteiger partial charge in [-0.25, -0.2) is 9.37 Å². The number of aromatic nitrogens is 4. The van der Waals surface area contributed by atoms with Crippen molar-refractivity contribution < 1.29 is 13.9 Å². The molecule has 0 atom stereocenters. The Morgan fingerprint density at radius 2 is 2.08 bits per heavy atom. The molecule has 4 heterocycles. The highest BCUT2D eigenvalue weighted by Crippen LogP contribution is 2.24. The van der Waals surface area contributed by atoms with Gasteiger partial charge in [-0.1, -0.05) is 5.92 Å². The zero-order valence-corrected chi connectivity index (χ0v) is 20.7. The SMILES string of the molecule is COc1ccc(NC(=O)CN2CCC(C#Cc3nc(-c4cnn(C)c4)cc4ncccc34)CC2)cc1F. The van der Waals surface area contributed by atoms with Gasteiger partial charge in [0, 0.05) is 48.1 Å². The highest BCUT2D eigenvalue weighted by atomic mass is 19.1. The monoisotopic (exact) mass is 498 g/mol. The summed E-state index contributed by atoms with van der Waals surface area (Å²) in [6, 6.07) is 10.2. The summed E-state index contributed by atoms with van der Waals surface area (Å²) in [5.74, 6) is 6.38. The second kappa shape index (κ2) is 10.8. The van der Waals surface area contributed by atoms with Gasteiger partial charge in [-0.2, -0.15) is 5.10 Å². The summed E-state index contributed by atoms with van der Waals surface area (Å²) >= 11 is 0. The zero-order valence-electron chi connectivity index (χ0n) is 20.7. The van der Waals surface area contributed by atoms with Crippen LogP contribution in [0.3, 0.4) is 0 Å². The van der Waals surface area contributed by atoms with Crippen LogP contribution in [0, 0.1) is 23.6 Å². The Hall–Kier alpha value is -4.29. The van der Waals surface area contributed by atoms with Gasteiger partial charge in [-0.15, -0.1) is 0 Å². The first-order chi connectivity index (χ1) is 18.0. The second-order valence-electron chi connectivity index (χ2n) is 9.05. The third kappa shape index (κ3) is 5.76. The third-order valence-corrected chi connectivity index (χ3v) is 6.39. The van der Waals surface area contributed by atoms with Gasteiger partial charge < -0.3 is 10.1 Å². The summed E-state index contributed by atoms with van der Waals surface area (Å²) in [6.45, 7) is 1.77. The molecule has 0 aliphatic carbocycles. The summed E-state index contributed by atoms with van der Waals surface area (Å²) in [4.78, 5) is 23.9. The molecule has 9 heteroatoms. The van der Waals surface area contributed by atoms with Gasteiger partial charge in [0.1, 0.15) is 5.69 Å². The molecule has 5 rings (SSSR count). The highest BCUT2D eigenvalue weighted by Gasteiger charge is 2.20. The second-order valence-corrected chi connectivity index (χ2v) is 9.05. The number of fused-ring (bicyclic) bond motifs is 1. The average Bonchev–Trinajstić information content (AvgIpc) is 3.34. The highest BCUT2D eigenvalue weighted by molar-refractivity contribution is 5.92. The van der Waals surface area contributed by atoms with Crippen LogP contribution in [0.4, 0.5) is 10.1 Å². The van der Waals surface area contributed by atoms with E-state index in [0.29, 0.717) is 11.4 Å². The minimum atomic E-state index is -0.510. The standard InChI is InChI=1S/C28H27FN6O2/c1-34-17-20(16-31-34)25-15-26-22(4-3-11-30-26)24(33-25)7-5-19-9-12-35(13-10-19)18-28(36)32-21-6-8-27(37-2)23(29)14-21/h3-4,6,8,11,14-17,19H,9-10,12-13,18H2,1-2H3,(H,32,36). The Bertz CT molecular complexity index is 1500. The number of rotatable bonds is 5. The maximum absolute atomic E-state index is 13.9. The number of carbonyl (C=O) groups excluding carboxylic acids is 1. The van der Waals surface area contributed by atoms with Crippen molar-refractivity contribution in [2.75, 3.05) is 32.1 Å². The number of hydrogen-bond donors (Lipinski definition) is 1. The first-order valence-corrected chi connectivity index (χ1v) is 12.1. The Labute approximate surface area is 214 Å². The Balaban J connectivity index is 1.22. The van der Waals surface area contributed by atoms with E-state index < -0.39 is 5.82 Å². The van der Waals surface area contributed by atoms with Crippen LogP contribution >= 0.6 is 0 Å². The lowest BCUT2D eigenvalue weighted by Gasteiger charge is -2.29. The van der Waals surface area contributed by atoms with Crippen molar-refractivity contribution >= 4 is 22.5 Å². The van der Waals surface area contributed by atoms with Gasteiger partial charge >= 0.3 is 0 Å². The molecule has 1 N–H and O–H groups in total. The van der Waals surface area contributed by atoms with E-state index >= 15 is 0 Å². The van der Waals surface area contributed by atoms with Gasteiger partial charge in [0.25, 0.3) is 0 Å². The van der Waals surface area contributed by atoms with Gasteiger partial charge in [-0.05, 0) is 62.2 Å². The Morgan fingerprint density at radius 3 is 2.81 bits per heavy atom. The number of nitrogens with zero attached hydrogens (tertiary/aromatic N) is 5. The number of hydrogen-bond acceptors (Lipinski definition) is 6. The molecular formula is C28H27FN6O2. The molecular weight excluding hydrogens is 471 g/mol.